The third-order valence-electron chi connectivity index (χ3n) is 3.09. The van der Waals surface area contributed by atoms with E-state index < -0.39 is 27.3 Å². The Morgan fingerprint density at radius 3 is 2.45 bits per heavy atom. The Bertz CT molecular complexity index is 575. The van der Waals surface area contributed by atoms with Crippen molar-refractivity contribution in [2.75, 3.05) is 0 Å². The molecule has 0 saturated carbocycles. The fraction of sp³-hybridized carbons (Fsp3) is 0.538. The van der Waals surface area contributed by atoms with Crippen LogP contribution in [0.5, 0.6) is 0 Å². The van der Waals surface area contributed by atoms with E-state index in [9.17, 15) is 12.8 Å². The van der Waals surface area contributed by atoms with Gasteiger partial charge in [0, 0.05) is 16.6 Å². The van der Waals surface area contributed by atoms with Crippen molar-refractivity contribution in [1.29, 1.82) is 0 Å². The molecule has 0 bridgehead atoms. The van der Waals surface area contributed by atoms with Crippen LogP contribution in [-0.4, -0.2) is 19.6 Å². The number of hydrogen-bond donors (Lipinski definition) is 2. The second-order valence-corrected chi connectivity index (χ2v) is 7.03. The van der Waals surface area contributed by atoms with Crippen molar-refractivity contribution in [2.45, 2.75) is 44.7 Å². The summed E-state index contributed by atoms with van der Waals surface area (Å²) in [5.41, 5.74) is -0.143. The number of halogens is 2. The van der Waals surface area contributed by atoms with Gasteiger partial charge in [0.2, 0.25) is 10.0 Å². The van der Waals surface area contributed by atoms with E-state index in [0.717, 1.165) is 6.07 Å². The molecule has 114 valence electrons. The van der Waals surface area contributed by atoms with Gasteiger partial charge in [0.05, 0.1) is 6.61 Å². The van der Waals surface area contributed by atoms with Crippen LogP contribution in [0, 0.1) is 11.7 Å². The maximum atomic E-state index is 14.1. The monoisotopic (exact) mass is 323 g/mol. The lowest BCUT2D eigenvalue weighted by molar-refractivity contribution is 0.274. The van der Waals surface area contributed by atoms with E-state index in [4.69, 9.17) is 16.7 Å². The fourth-order valence-corrected chi connectivity index (χ4v) is 3.80. The van der Waals surface area contributed by atoms with Gasteiger partial charge in [-0.3, -0.25) is 0 Å². The second kappa shape index (κ2) is 6.85. The molecule has 0 aliphatic rings. The first-order valence-electron chi connectivity index (χ1n) is 6.34. The highest BCUT2D eigenvalue weighted by molar-refractivity contribution is 7.89. The molecule has 1 rings (SSSR count). The first-order chi connectivity index (χ1) is 9.22. The maximum absolute atomic E-state index is 14.1. The van der Waals surface area contributed by atoms with Gasteiger partial charge in [-0.15, -0.1) is 0 Å². The molecule has 0 saturated heterocycles. The summed E-state index contributed by atoms with van der Waals surface area (Å²) in [7, 11) is -4.02. The van der Waals surface area contributed by atoms with E-state index in [0.29, 0.717) is 6.42 Å². The first kappa shape index (κ1) is 17.4. The molecule has 0 aliphatic carbocycles. The van der Waals surface area contributed by atoms with Crippen molar-refractivity contribution in [3.63, 3.8) is 0 Å². The number of aliphatic hydroxyl groups excluding tert-OH is 1. The highest BCUT2D eigenvalue weighted by Gasteiger charge is 2.26. The van der Waals surface area contributed by atoms with Crippen LogP contribution in [0.4, 0.5) is 4.39 Å². The van der Waals surface area contributed by atoms with E-state index in [2.05, 4.69) is 4.72 Å². The van der Waals surface area contributed by atoms with Crippen LogP contribution in [0.2, 0.25) is 5.02 Å². The highest BCUT2D eigenvalue weighted by Crippen LogP contribution is 2.24. The van der Waals surface area contributed by atoms with Crippen molar-refractivity contribution < 1.29 is 17.9 Å². The van der Waals surface area contributed by atoms with Crippen LogP contribution in [0.25, 0.3) is 0 Å². The molecule has 0 amide bonds. The number of nitrogens with one attached hydrogen (secondary N) is 1. The summed E-state index contributed by atoms with van der Waals surface area (Å²) in [6, 6.07) is 1.96. The minimum atomic E-state index is -4.02. The van der Waals surface area contributed by atoms with Crippen LogP contribution in [0.3, 0.4) is 0 Å². The lowest BCUT2D eigenvalue weighted by Crippen LogP contribution is -2.38. The maximum Gasteiger partial charge on any atom is 0.243 e. The van der Waals surface area contributed by atoms with E-state index in [1.54, 1.807) is 0 Å². The normalized spacial score (nSPS) is 13.8. The molecule has 0 spiro atoms. The fourth-order valence-electron chi connectivity index (χ4n) is 1.88. The standard InChI is InChI=1S/C13H19ClFNO3S/c1-4-11(8(2)3)16-20(18,19)12-6-10(14)5-9(7-17)13(12)15/h5-6,8,11,16-17H,4,7H2,1-3H3. The van der Waals surface area contributed by atoms with Crippen molar-refractivity contribution in [3.8, 4) is 0 Å². The quantitative estimate of drug-likeness (QED) is 0.846. The van der Waals surface area contributed by atoms with E-state index in [1.807, 2.05) is 20.8 Å². The van der Waals surface area contributed by atoms with Crippen molar-refractivity contribution in [3.05, 3.63) is 28.5 Å². The van der Waals surface area contributed by atoms with Gasteiger partial charge in [-0.25, -0.2) is 17.5 Å². The molecule has 0 aliphatic heterocycles. The summed E-state index contributed by atoms with van der Waals surface area (Å²) < 4.78 is 41.0. The van der Waals surface area contributed by atoms with E-state index >= 15 is 0 Å². The molecule has 0 aromatic heterocycles. The minimum absolute atomic E-state index is 0.0634. The molecular weight excluding hydrogens is 305 g/mol. The van der Waals surface area contributed by atoms with E-state index in [-0.39, 0.29) is 22.5 Å². The molecular formula is C13H19ClFNO3S. The molecule has 1 atom stereocenters. The number of aliphatic hydroxyl groups is 1. The summed E-state index contributed by atoms with van der Waals surface area (Å²) in [5.74, 6) is -0.891. The Kier molecular flexibility index (Phi) is 5.94. The minimum Gasteiger partial charge on any atom is -0.392 e. The predicted molar refractivity (Wildman–Crippen MR) is 76.6 cm³/mol. The average Bonchev–Trinajstić information content (AvgIpc) is 2.37. The topological polar surface area (TPSA) is 66.4 Å². The molecule has 1 aromatic rings. The van der Waals surface area contributed by atoms with Crippen molar-refractivity contribution >= 4 is 21.6 Å². The molecule has 1 unspecified atom stereocenters. The molecule has 4 nitrogen and oxygen atoms in total. The number of rotatable bonds is 6. The zero-order chi connectivity index (χ0) is 15.5. The van der Waals surface area contributed by atoms with Gasteiger partial charge in [0.1, 0.15) is 10.7 Å². The van der Waals surface area contributed by atoms with Gasteiger partial charge in [0.15, 0.2) is 0 Å². The summed E-state index contributed by atoms with van der Waals surface area (Å²) in [4.78, 5) is -0.534. The SMILES string of the molecule is CCC(NS(=O)(=O)c1cc(Cl)cc(CO)c1F)C(C)C. The summed E-state index contributed by atoms with van der Waals surface area (Å²) in [6.07, 6.45) is 0.589. The molecule has 7 heteroatoms. The predicted octanol–water partition coefficient (Wildman–Crippen LogP) is 2.68. The van der Waals surface area contributed by atoms with Crippen molar-refractivity contribution in [1.82, 2.24) is 4.72 Å². The number of hydrogen-bond acceptors (Lipinski definition) is 3. The summed E-state index contributed by atoms with van der Waals surface area (Å²) in [5, 5.41) is 9.10. The third kappa shape index (κ3) is 3.91. The molecule has 20 heavy (non-hydrogen) atoms. The second-order valence-electron chi connectivity index (χ2n) is 4.92. The first-order valence-corrected chi connectivity index (χ1v) is 8.20. The summed E-state index contributed by atoms with van der Waals surface area (Å²) >= 11 is 5.77. The number of benzene rings is 1. The van der Waals surface area contributed by atoms with Gasteiger partial charge in [-0.05, 0) is 24.5 Å². The van der Waals surface area contributed by atoms with Crippen LogP contribution < -0.4 is 4.72 Å². The number of sulfonamides is 1. The Labute approximate surface area is 124 Å². The highest BCUT2D eigenvalue weighted by atomic mass is 35.5. The summed E-state index contributed by atoms with van der Waals surface area (Å²) in [6.45, 7) is 4.99. The Balaban J connectivity index is 3.25. The Morgan fingerprint density at radius 1 is 1.40 bits per heavy atom. The van der Waals surface area contributed by atoms with Gasteiger partial charge in [0.25, 0.3) is 0 Å². The van der Waals surface area contributed by atoms with Gasteiger partial charge in [-0.1, -0.05) is 32.4 Å². The van der Waals surface area contributed by atoms with Gasteiger partial charge in [-0.2, -0.15) is 0 Å². The lowest BCUT2D eigenvalue weighted by atomic mass is 10.0. The van der Waals surface area contributed by atoms with Crippen LogP contribution in [0.15, 0.2) is 17.0 Å². The zero-order valence-corrected chi connectivity index (χ0v) is 13.2. The molecule has 0 heterocycles. The van der Waals surface area contributed by atoms with Crippen molar-refractivity contribution in [2.24, 2.45) is 5.92 Å². The van der Waals surface area contributed by atoms with Gasteiger partial charge >= 0.3 is 0 Å². The van der Waals surface area contributed by atoms with Crippen LogP contribution >= 0.6 is 11.6 Å². The third-order valence-corrected chi connectivity index (χ3v) is 4.80. The van der Waals surface area contributed by atoms with Crippen LogP contribution in [0.1, 0.15) is 32.8 Å². The largest absolute Gasteiger partial charge is 0.392 e. The van der Waals surface area contributed by atoms with E-state index in [1.165, 1.54) is 6.07 Å². The Morgan fingerprint density at radius 2 is 2.00 bits per heavy atom. The average molecular weight is 324 g/mol. The Hall–Kier alpha value is -0.690. The molecule has 2 N–H and O–H groups in total. The smallest absolute Gasteiger partial charge is 0.243 e. The lowest BCUT2D eigenvalue weighted by Gasteiger charge is -2.21. The zero-order valence-electron chi connectivity index (χ0n) is 11.7. The molecule has 0 radical (unpaired) electrons. The van der Waals surface area contributed by atoms with Crippen LogP contribution in [-0.2, 0) is 16.6 Å². The molecule has 1 aromatic carbocycles. The van der Waals surface area contributed by atoms with Gasteiger partial charge < -0.3 is 5.11 Å². The molecule has 0 fully saturated rings.